The quantitative estimate of drug-likeness (QED) is 0.161. The molecule has 0 N–H and O–H groups in total. The number of para-hydroxylation sites is 6. The van der Waals surface area contributed by atoms with Gasteiger partial charge in [-0.15, -0.1) is 0 Å². The summed E-state index contributed by atoms with van der Waals surface area (Å²) in [6, 6.07) is 55.9. The smallest absolute Gasteiger partial charge is 0.119 e. The number of nitrogens with zero attached hydrogens (tertiary/aromatic N) is 6. The number of aromatic nitrogens is 6. The van der Waals surface area contributed by atoms with Crippen molar-refractivity contribution in [1.29, 1.82) is 0 Å². The Balaban J connectivity index is 1.15. The summed E-state index contributed by atoms with van der Waals surface area (Å²) in [6.07, 6.45) is 7.81. The first-order valence-electron chi connectivity index (χ1n) is 21.3. The summed E-state index contributed by atoms with van der Waals surface area (Å²) >= 11 is 0. The first-order chi connectivity index (χ1) is 30.1. The van der Waals surface area contributed by atoms with E-state index in [1.165, 1.54) is 0 Å². The monoisotopic (exact) mass is 804 g/mol. The molecule has 0 fully saturated rings. The van der Waals surface area contributed by atoms with Gasteiger partial charge in [-0.05, 0) is 81.9 Å². The van der Waals surface area contributed by atoms with Gasteiger partial charge in [0.05, 0.1) is 33.4 Å². The molecule has 0 unspecified atom stereocenters. The van der Waals surface area contributed by atoms with Crippen molar-refractivity contribution in [2.75, 3.05) is 0 Å². The molecule has 6 heteroatoms. The number of rotatable bonds is 7. The molecule has 302 valence electrons. The molecule has 10 aromatic rings. The van der Waals surface area contributed by atoms with E-state index in [-0.39, 0.29) is 10.8 Å². The fourth-order valence-electron chi connectivity index (χ4n) is 8.93. The van der Waals surface area contributed by atoms with Crippen LogP contribution in [0.15, 0.2) is 183 Å². The Morgan fingerprint density at radius 1 is 0.323 bits per heavy atom. The zero-order chi connectivity index (χ0) is 42.6. The maximum Gasteiger partial charge on any atom is 0.119 e. The van der Waals surface area contributed by atoms with Crippen molar-refractivity contribution < 1.29 is 0 Å². The lowest BCUT2D eigenvalue weighted by molar-refractivity contribution is 0.539. The number of hydrogen-bond acceptors (Lipinski definition) is 4. The Hall–Kier alpha value is -7.44. The average Bonchev–Trinajstić information content (AvgIpc) is 3.90. The minimum atomic E-state index is -0.196. The molecule has 0 aliphatic heterocycles. The summed E-state index contributed by atoms with van der Waals surface area (Å²) in [4.78, 5) is 19.9. The van der Waals surface area contributed by atoms with Gasteiger partial charge in [0.25, 0.3) is 0 Å². The molecule has 0 atom stereocenters. The van der Waals surface area contributed by atoms with E-state index in [4.69, 9.17) is 19.9 Å². The van der Waals surface area contributed by atoms with Gasteiger partial charge in [0.1, 0.15) is 11.6 Å². The number of imidazole rings is 2. The molecule has 0 saturated heterocycles. The molecule has 62 heavy (non-hydrogen) atoms. The van der Waals surface area contributed by atoms with Gasteiger partial charge in [0.15, 0.2) is 0 Å². The predicted molar refractivity (Wildman–Crippen MR) is 256 cm³/mol. The molecule has 0 aliphatic rings. The summed E-state index contributed by atoms with van der Waals surface area (Å²) in [7, 11) is 0. The minimum absolute atomic E-state index is 0.196. The lowest BCUT2D eigenvalue weighted by Crippen LogP contribution is -2.18. The maximum atomic E-state index is 5.19. The highest BCUT2D eigenvalue weighted by atomic mass is 15.1. The molecule has 10 rings (SSSR count). The molecule has 4 aromatic heterocycles. The summed E-state index contributed by atoms with van der Waals surface area (Å²) < 4.78 is 4.69. The summed E-state index contributed by atoms with van der Waals surface area (Å²) in [5, 5.41) is 0. The average molecular weight is 805 g/mol. The first kappa shape index (κ1) is 38.7. The fraction of sp³-hybridized carbons (Fsp3) is 0.143. The van der Waals surface area contributed by atoms with Crippen LogP contribution in [0.1, 0.15) is 53.2 Å². The molecule has 0 saturated carbocycles. The second-order valence-electron chi connectivity index (χ2n) is 18.0. The van der Waals surface area contributed by atoms with Gasteiger partial charge >= 0.3 is 0 Å². The fourth-order valence-corrected chi connectivity index (χ4v) is 8.93. The molecular weight excluding hydrogens is 757 g/mol. The molecule has 0 amide bonds. The van der Waals surface area contributed by atoms with Crippen LogP contribution in [0, 0.1) is 0 Å². The van der Waals surface area contributed by atoms with E-state index in [0.717, 1.165) is 101 Å². The second-order valence-corrected chi connectivity index (χ2v) is 18.0. The Kier molecular flexibility index (Phi) is 9.52. The van der Waals surface area contributed by atoms with Crippen molar-refractivity contribution in [2.24, 2.45) is 0 Å². The lowest BCUT2D eigenvalue weighted by Gasteiger charge is -2.23. The Labute approximate surface area is 363 Å². The largest absolute Gasteiger partial charge is 0.295 e. The SMILES string of the molecule is CC(C)(C)c1nc2ccccc2n1-c1ccccc1-c1ccccc1-c1cnccc1-c1ccncc1-c1ccccc1-c1ccccc1-n1c(C(C)(C)C)nc2ccccc21. The zero-order valence-corrected chi connectivity index (χ0v) is 36.0. The minimum Gasteiger partial charge on any atom is -0.295 e. The molecular formula is C56H48N6. The van der Waals surface area contributed by atoms with Gasteiger partial charge in [-0.25, -0.2) is 9.97 Å². The van der Waals surface area contributed by atoms with Crippen LogP contribution in [0.25, 0.3) is 89.1 Å². The van der Waals surface area contributed by atoms with Crippen molar-refractivity contribution in [2.45, 2.75) is 52.4 Å². The molecule has 0 aliphatic carbocycles. The molecule has 0 spiro atoms. The summed E-state index contributed by atoms with van der Waals surface area (Å²) in [6.45, 7) is 13.4. The van der Waals surface area contributed by atoms with Crippen molar-refractivity contribution in [3.05, 3.63) is 194 Å². The van der Waals surface area contributed by atoms with E-state index >= 15 is 0 Å². The first-order valence-corrected chi connectivity index (χ1v) is 21.3. The Bertz CT molecular complexity index is 3060. The van der Waals surface area contributed by atoms with E-state index < -0.39 is 0 Å². The number of benzene rings is 6. The van der Waals surface area contributed by atoms with Crippen molar-refractivity contribution in [1.82, 2.24) is 29.1 Å². The third kappa shape index (κ3) is 6.69. The number of hydrogen-bond donors (Lipinski definition) is 0. The van der Waals surface area contributed by atoms with Crippen molar-refractivity contribution >= 4 is 22.1 Å². The standard InChI is InChI=1S/C56H48N6/c1-55(2,3)53-59-47-25-13-17-29-51(47)61(53)49-27-15-11-23-43(49)37-19-7-9-21-39(37)45-35-57-33-31-41(45)42-32-34-58-36-46(42)40-22-10-8-20-38(40)44-24-12-16-28-50(44)62-52-30-18-14-26-48(52)60-54(62)56(4,5)6/h7-36H,1-6H3. The predicted octanol–water partition coefficient (Wildman–Crippen LogP) is 14.1. The van der Waals surface area contributed by atoms with Crippen LogP contribution >= 0.6 is 0 Å². The van der Waals surface area contributed by atoms with Gasteiger partial charge in [0, 0.05) is 57.9 Å². The van der Waals surface area contributed by atoms with Crippen molar-refractivity contribution in [3.63, 3.8) is 0 Å². The lowest BCUT2D eigenvalue weighted by atomic mass is 9.86. The Morgan fingerprint density at radius 3 is 1.02 bits per heavy atom. The van der Waals surface area contributed by atoms with E-state index in [1.54, 1.807) is 0 Å². The summed E-state index contributed by atoms with van der Waals surface area (Å²) in [5.74, 6) is 2.03. The topological polar surface area (TPSA) is 61.4 Å². The van der Waals surface area contributed by atoms with Crippen LogP contribution in [-0.4, -0.2) is 29.1 Å². The normalized spacial score (nSPS) is 12.0. The van der Waals surface area contributed by atoms with Crippen molar-refractivity contribution in [3.8, 4) is 67.0 Å². The van der Waals surface area contributed by atoms with E-state index in [2.05, 4.69) is 208 Å². The van der Waals surface area contributed by atoms with Gasteiger partial charge < -0.3 is 0 Å². The Morgan fingerprint density at radius 2 is 0.629 bits per heavy atom. The molecule has 0 bridgehead atoms. The highest BCUT2D eigenvalue weighted by Gasteiger charge is 2.28. The molecule has 4 heterocycles. The third-order valence-electron chi connectivity index (χ3n) is 11.7. The maximum absolute atomic E-state index is 5.19. The third-order valence-corrected chi connectivity index (χ3v) is 11.7. The van der Waals surface area contributed by atoms with Gasteiger partial charge in [-0.2, -0.15) is 0 Å². The molecule has 6 aromatic carbocycles. The van der Waals surface area contributed by atoms with Gasteiger partial charge in [-0.3, -0.25) is 19.1 Å². The van der Waals surface area contributed by atoms with Crippen LogP contribution in [0.3, 0.4) is 0 Å². The highest BCUT2D eigenvalue weighted by molar-refractivity contribution is 5.99. The highest BCUT2D eigenvalue weighted by Crippen LogP contribution is 2.45. The molecule has 6 nitrogen and oxygen atoms in total. The second kappa shape index (κ2) is 15.2. The van der Waals surface area contributed by atoms with E-state index in [0.29, 0.717) is 0 Å². The van der Waals surface area contributed by atoms with E-state index in [1.807, 2.05) is 24.8 Å². The van der Waals surface area contributed by atoms with Gasteiger partial charge in [0.2, 0.25) is 0 Å². The van der Waals surface area contributed by atoms with Crippen LogP contribution in [-0.2, 0) is 10.8 Å². The molecule has 0 radical (unpaired) electrons. The summed E-state index contributed by atoms with van der Waals surface area (Å²) in [5.41, 5.74) is 16.8. The number of fused-ring (bicyclic) bond motifs is 2. The van der Waals surface area contributed by atoms with Gasteiger partial charge in [-0.1, -0.05) is 151 Å². The number of pyridine rings is 2. The van der Waals surface area contributed by atoms with Crippen LogP contribution in [0.4, 0.5) is 0 Å². The zero-order valence-electron chi connectivity index (χ0n) is 36.0. The van der Waals surface area contributed by atoms with Crippen LogP contribution in [0.2, 0.25) is 0 Å². The van der Waals surface area contributed by atoms with Crippen LogP contribution in [0.5, 0.6) is 0 Å². The van der Waals surface area contributed by atoms with Crippen LogP contribution < -0.4 is 0 Å². The van der Waals surface area contributed by atoms with E-state index in [9.17, 15) is 0 Å².